The number of benzene rings is 3. The monoisotopic (exact) mass is 575 g/mol. The number of piperazine rings is 1. The van der Waals surface area contributed by atoms with Crippen LogP contribution < -0.4 is 10.6 Å². The molecule has 0 unspecified atom stereocenters. The van der Waals surface area contributed by atoms with Crippen LogP contribution >= 0.6 is 23.2 Å². The molecule has 1 saturated heterocycles. The first-order valence-electron chi connectivity index (χ1n) is 14.0. The van der Waals surface area contributed by atoms with Gasteiger partial charge in [-0.3, -0.25) is 9.80 Å². The fraction of sp³-hybridized carbons (Fsp3) is 0.375. The molecule has 0 radical (unpaired) electrons. The van der Waals surface area contributed by atoms with E-state index in [1.54, 1.807) is 18.2 Å². The molecule has 3 aromatic rings. The highest BCUT2D eigenvalue weighted by Gasteiger charge is 2.34. The largest absolute Gasteiger partial charge is 0.336 e. The second kappa shape index (κ2) is 13.1. The summed E-state index contributed by atoms with van der Waals surface area (Å²) < 4.78 is 0. The lowest BCUT2D eigenvalue weighted by Crippen LogP contribution is -2.56. The van der Waals surface area contributed by atoms with E-state index in [4.69, 9.17) is 23.2 Å². The van der Waals surface area contributed by atoms with Crippen molar-refractivity contribution >= 4 is 34.9 Å². The van der Waals surface area contributed by atoms with Crippen molar-refractivity contribution in [1.82, 2.24) is 15.1 Å². The van der Waals surface area contributed by atoms with Crippen molar-refractivity contribution in [2.75, 3.05) is 31.5 Å². The van der Waals surface area contributed by atoms with Crippen molar-refractivity contribution in [3.05, 3.63) is 87.9 Å². The normalized spacial score (nSPS) is 19.2. The highest BCUT2D eigenvalue weighted by atomic mass is 35.5. The summed E-state index contributed by atoms with van der Waals surface area (Å²) in [7, 11) is 0. The molecule has 6 nitrogen and oxygen atoms in total. The Balaban J connectivity index is 1.33. The summed E-state index contributed by atoms with van der Waals surface area (Å²) in [6.45, 7) is 5.79. The van der Waals surface area contributed by atoms with E-state index in [0.29, 0.717) is 39.9 Å². The van der Waals surface area contributed by atoms with Crippen LogP contribution in [0.3, 0.4) is 0 Å². The van der Waals surface area contributed by atoms with Crippen LogP contribution in [0.2, 0.25) is 10.0 Å². The van der Waals surface area contributed by atoms with Gasteiger partial charge in [0.2, 0.25) is 0 Å². The van der Waals surface area contributed by atoms with Gasteiger partial charge in [-0.05, 0) is 66.8 Å². The molecule has 0 aromatic heterocycles. The van der Waals surface area contributed by atoms with Crippen LogP contribution in [0.25, 0.3) is 11.1 Å². The maximum absolute atomic E-state index is 12.9. The van der Waals surface area contributed by atoms with Crippen LogP contribution in [0.5, 0.6) is 0 Å². The Morgan fingerprint density at radius 1 is 1.00 bits per heavy atom. The van der Waals surface area contributed by atoms with Gasteiger partial charge in [0.25, 0.3) is 0 Å². The third-order valence-corrected chi connectivity index (χ3v) is 8.94. The fourth-order valence-electron chi connectivity index (χ4n) is 6.10. The van der Waals surface area contributed by atoms with Crippen LogP contribution in [0.15, 0.2) is 66.7 Å². The van der Waals surface area contributed by atoms with Gasteiger partial charge in [0.1, 0.15) is 0 Å². The molecule has 8 heteroatoms. The Hall–Kier alpha value is -3.08. The quantitative estimate of drug-likeness (QED) is 0.309. The molecule has 0 bridgehead atoms. The van der Waals surface area contributed by atoms with Gasteiger partial charge >= 0.3 is 6.03 Å². The summed E-state index contributed by atoms with van der Waals surface area (Å²) in [6, 6.07) is 24.2. The minimum Gasteiger partial charge on any atom is -0.336 e. The van der Waals surface area contributed by atoms with Gasteiger partial charge in [0.15, 0.2) is 0 Å². The highest BCUT2D eigenvalue weighted by molar-refractivity contribution is 6.42. The van der Waals surface area contributed by atoms with Crippen molar-refractivity contribution < 1.29 is 4.79 Å². The van der Waals surface area contributed by atoms with Gasteiger partial charge in [0, 0.05) is 44.0 Å². The summed E-state index contributed by atoms with van der Waals surface area (Å²) in [5.41, 5.74) is 4.46. The Morgan fingerprint density at radius 2 is 1.77 bits per heavy atom. The van der Waals surface area contributed by atoms with Crippen LogP contribution in [0.4, 0.5) is 10.5 Å². The lowest BCUT2D eigenvalue weighted by molar-refractivity contribution is 0.0289. The molecule has 208 valence electrons. The molecule has 1 heterocycles. The van der Waals surface area contributed by atoms with E-state index in [1.807, 2.05) is 24.3 Å². The van der Waals surface area contributed by atoms with E-state index >= 15 is 0 Å². The summed E-state index contributed by atoms with van der Waals surface area (Å²) in [5.74, 6) is 0. The number of nitriles is 1. The number of hydrogen-bond acceptors (Lipinski definition) is 4. The third-order valence-electron chi connectivity index (χ3n) is 8.21. The molecule has 5 rings (SSSR count). The number of hydrogen-bond donors (Lipinski definition) is 2. The SMILES string of the molecule is C[C@H]1CN(C2CCCC2)CCN1[C@@H](CNC(=O)Nc1ccc(Cl)c(Cl)c1)c1ccc(-c2cccc(C#N)c2)cc1. The molecule has 0 spiro atoms. The number of anilines is 1. The molecule has 2 aliphatic rings. The molecule has 2 atom stereocenters. The van der Waals surface area contributed by atoms with Crippen molar-refractivity contribution in [2.45, 2.75) is 50.7 Å². The van der Waals surface area contributed by atoms with Crippen LogP contribution in [0.1, 0.15) is 49.8 Å². The van der Waals surface area contributed by atoms with E-state index in [0.717, 1.165) is 36.3 Å². The number of carbonyl (C=O) groups is 1. The first-order chi connectivity index (χ1) is 19.4. The molecule has 1 saturated carbocycles. The summed E-state index contributed by atoms with van der Waals surface area (Å²) in [5, 5.41) is 16.1. The molecule has 2 N–H and O–H groups in total. The average molecular weight is 577 g/mol. The fourth-order valence-corrected chi connectivity index (χ4v) is 6.39. The van der Waals surface area contributed by atoms with Crippen molar-refractivity contribution in [1.29, 1.82) is 5.26 Å². The smallest absolute Gasteiger partial charge is 0.319 e. The van der Waals surface area contributed by atoms with E-state index in [9.17, 15) is 10.1 Å². The molecule has 1 aliphatic heterocycles. The number of halogens is 2. The van der Waals surface area contributed by atoms with E-state index < -0.39 is 0 Å². The Kier molecular flexibility index (Phi) is 9.29. The zero-order valence-corrected chi connectivity index (χ0v) is 24.3. The third kappa shape index (κ3) is 6.79. The van der Waals surface area contributed by atoms with Crippen molar-refractivity contribution in [2.24, 2.45) is 0 Å². The molecule has 2 amide bonds. The standard InChI is InChI=1S/C32H35Cl2N5O/c1-22-21-38(28-7-2-3-8-28)15-16-39(22)31(20-36-32(40)37-27-13-14-29(33)30(34)18-27)25-11-9-24(10-12-25)26-6-4-5-23(17-26)19-35/h4-6,9-14,17-18,22,28,31H,2-3,7-8,15-16,20-21H2,1H3,(H2,36,37,40)/t22-,31-/m0/s1. The lowest BCUT2D eigenvalue weighted by atomic mass is 9.97. The summed E-state index contributed by atoms with van der Waals surface area (Å²) >= 11 is 12.1. The highest BCUT2D eigenvalue weighted by Crippen LogP contribution is 2.31. The second-order valence-corrected chi connectivity index (χ2v) is 11.6. The average Bonchev–Trinajstić information content (AvgIpc) is 3.51. The lowest BCUT2D eigenvalue weighted by Gasteiger charge is -2.46. The summed E-state index contributed by atoms with van der Waals surface area (Å²) in [6.07, 6.45) is 5.29. The number of nitrogens with one attached hydrogen (secondary N) is 2. The molecule has 1 aliphatic carbocycles. The number of carbonyl (C=O) groups excluding carboxylic acids is 1. The van der Waals surface area contributed by atoms with E-state index in [-0.39, 0.29) is 12.1 Å². The minimum atomic E-state index is -0.287. The Bertz CT molecular complexity index is 1370. The number of nitrogens with zero attached hydrogens (tertiary/aromatic N) is 3. The summed E-state index contributed by atoms with van der Waals surface area (Å²) in [4.78, 5) is 18.1. The minimum absolute atomic E-state index is 0.0137. The zero-order chi connectivity index (χ0) is 28.1. The number of urea groups is 1. The van der Waals surface area contributed by atoms with Gasteiger partial charge < -0.3 is 10.6 Å². The number of rotatable bonds is 7. The molecule has 2 fully saturated rings. The maximum atomic E-state index is 12.9. The van der Waals surface area contributed by atoms with E-state index in [1.165, 1.54) is 25.7 Å². The zero-order valence-electron chi connectivity index (χ0n) is 22.7. The predicted molar refractivity (Wildman–Crippen MR) is 163 cm³/mol. The maximum Gasteiger partial charge on any atom is 0.319 e. The van der Waals surface area contributed by atoms with Crippen molar-refractivity contribution in [3.63, 3.8) is 0 Å². The van der Waals surface area contributed by atoms with Gasteiger partial charge in [-0.15, -0.1) is 0 Å². The topological polar surface area (TPSA) is 71.4 Å². The van der Waals surface area contributed by atoms with Gasteiger partial charge in [-0.25, -0.2) is 4.79 Å². The molecular formula is C32H35Cl2N5O. The second-order valence-electron chi connectivity index (χ2n) is 10.8. The first-order valence-corrected chi connectivity index (χ1v) is 14.8. The van der Waals surface area contributed by atoms with Crippen LogP contribution in [0, 0.1) is 11.3 Å². The van der Waals surface area contributed by atoms with Crippen LogP contribution in [-0.4, -0.2) is 54.1 Å². The Morgan fingerprint density at radius 3 is 2.48 bits per heavy atom. The molecule has 3 aromatic carbocycles. The van der Waals surface area contributed by atoms with E-state index in [2.05, 4.69) is 57.7 Å². The number of amides is 2. The van der Waals surface area contributed by atoms with Crippen molar-refractivity contribution in [3.8, 4) is 17.2 Å². The molecule has 40 heavy (non-hydrogen) atoms. The molecular weight excluding hydrogens is 541 g/mol. The van der Waals surface area contributed by atoms with Gasteiger partial charge in [-0.1, -0.05) is 72.4 Å². The first kappa shape index (κ1) is 28.4. The Labute approximate surface area is 246 Å². The van der Waals surface area contributed by atoms with Gasteiger partial charge in [-0.2, -0.15) is 5.26 Å². The van der Waals surface area contributed by atoms with Crippen LogP contribution in [-0.2, 0) is 0 Å². The predicted octanol–water partition coefficient (Wildman–Crippen LogP) is 7.34. The van der Waals surface area contributed by atoms with Gasteiger partial charge in [0.05, 0.1) is 27.7 Å².